The number of benzene rings is 2. The lowest BCUT2D eigenvalue weighted by atomic mass is 9.86. The molecule has 6 nitrogen and oxygen atoms in total. The second-order valence-electron chi connectivity index (χ2n) is 8.32. The van der Waals surface area contributed by atoms with Crippen molar-refractivity contribution >= 4 is 11.9 Å². The maximum absolute atomic E-state index is 12.8. The lowest BCUT2D eigenvalue weighted by molar-refractivity contribution is -0.121. The van der Waals surface area contributed by atoms with Crippen LogP contribution in [0.1, 0.15) is 26.3 Å². The van der Waals surface area contributed by atoms with Crippen LogP contribution in [0.25, 0.3) is 23.0 Å². The second kappa shape index (κ2) is 8.11. The molecule has 0 fully saturated rings. The molecule has 0 spiro atoms. The highest BCUT2D eigenvalue weighted by Gasteiger charge is 2.26. The van der Waals surface area contributed by atoms with Crippen LogP contribution < -0.4 is 9.47 Å². The molecule has 6 heteroatoms. The molecule has 0 bridgehead atoms. The van der Waals surface area contributed by atoms with E-state index >= 15 is 0 Å². The molecule has 31 heavy (non-hydrogen) atoms. The standard InChI is InChI=1S/C25H23N3O3/c1-25(2,3)24(29)18(15-26)13-19-16-28(20-7-5-4-6-8-20)27-23(19)17-9-10-21-22(14-17)31-12-11-30-21/h4-10,13-14,16H,11-12H2,1-3H3/b18-13+. The van der Waals surface area contributed by atoms with E-state index in [0.717, 1.165) is 11.3 Å². The molecule has 1 aliphatic heterocycles. The minimum absolute atomic E-state index is 0.0962. The fourth-order valence-electron chi connectivity index (χ4n) is 3.33. The lowest BCUT2D eigenvalue weighted by Crippen LogP contribution is -2.21. The number of aromatic nitrogens is 2. The summed E-state index contributed by atoms with van der Waals surface area (Å²) in [5.41, 5.74) is 2.45. The molecule has 1 aliphatic rings. The van der Waals surface area contributed by atoms with Gasteiger partial charge in [0.1, 0.15) is 25.0 Å². The van der Waals surface area contributed by atoms with Crippen molar-refractivity contribution in [3.05, 3.63) is 65.9 Å². The van der Waals surface area contributed by atoms with E-state index < -0.39 is 5.41 Å². The van der Waals surface area contributed by atoms with Gasteiger partial charge in [-0.1, -0.05) is 39.0 Å². The van der Waals surface area contributed by atoms with Crippen molar-refractivity contribution in [1.29, 1.82) is 5.26 Å². The Balaban J connectivity index is 1.86. The predicted molar refractivity (Wildman–Crippen MR) is 118 cm³/mol. The zero-order valence-corrected chi connectivity index (χ0v) is 17.8. The smallest absolute Gasteiger partial charge is 0.178 e. The number of hydrogen-bond donors (Lipinski definition) is 0. The summed E-state index contributed by atoms with van der Waals surface area (Å²) in [6.45, 7) is 6.41. The summed E-state index contributed by atoms with van der Waals surface area (Å²) in [5.74, 6) is 1.13. The van der Waals surface area contributed by atoms with Crippen LogP contribution in [-0.4, -0.2) is 28.8 Å². The molecule has 0 amide bonds. The average molecular weight is 413 g/mol. The van der Waals surface area contributed by atoms with Gasteiger partial charge in [0.2, 0.25) is 0 Å². The van der Waals surface area contributed by atoms with Crippen LogP contribution in [0.3, 0.4) is 0 Å². The molecule has 4 rings (SSSR count). The summed E-state index contributed by atoms with van der Waals surface area (Å²) in [7, 11) is 0. The first-order chi connectivity index (χ1) is 14.9. The molecule has 0 N–H and O–H groups in total. The molecular weight excluding hydrogens is 390 g/mol. The molecule has 3 aromatic rings. The van der Waals surface area contributed by atoms with Gasteiger partial charge in [-0.3, -0.25) is 4.79 Å². The highest BCUT2D eigenvalue weighted by molar-refractivity contribution is 6.06. The third-order valence-corrected chi connectivity index (χ3v) is 4.92. The Morgan fingerprint density at radius 1 is 1.10 bits per heavy atom. The third-order valence-electron chi connectivity index (χ3n) is 4.92. The van der Waals surface area contributed by atoms with Crippen LogP contribution in [0.4, 0.5) is 0 Å². The van der Waals surface area contributed by atoms with E-state index in [2.05, 4.69) is 6.07 Å². The van der Waals surface area contributed by atoms with Crippen molar-refractivity contribution in [2.24, 2.45) is 5.41 Å². The molecule has 1 aromatic heterocycles. The van der Waals surface area contributed by atoms with Crippen molar-refractivity contribution in [2.45, 2.75) is 20.8 Å². The number of carbonyl (C=O) groups is 1. The summed E-state index contributed by atoms with van der Waals surface area (Å²) in [6.07, 6.45) is 3.45. The molecular formula is C25H23N3O3. The quantitative estimate of drug-likeness (QED) is 0.452. The van der Waals surface area contributed by atoms with E-state index in [1.165, 1.54) is 0 Å². The Labute approximate surface area is 181 Å². The summed E-state index contributed by atoms with van der Waals surface area (Å²) in [4.78, 5) is 12.8. The third kappa shape index (κ3) is 4.22. The molecule has 0 atom stereocenters. The van der Waals surface area contributed by atoms with Crippen molar-refractivity contribution < 1.29 is 14.3 Å². The Hall–Kier alpha value is -3.85. The zero-order valence-electron chi connectivity index (χ0n) is 17.8. The topological polar surface area (TPSA) is 77.1 Å². The number of Topliss-reactive ketones (excluding diaryl/α,β-unsaturated/α-hetero) is 1. The fourth-order valence-corrected chi connectivity index (χ4v) is 3.33. The highest BCUT2D eigenvalue weighted by Crippen LogP contribution is 2.36. The number of fused-ring (bicyclic) bond motifs is 1. The number of ether oxygens (including phenoxy) is 2. The maximum Gasteiger partial charge on any atom is 0.178 e. The second-order valence-corrected chi connectivity index (χ2v) is 8.32. The number of nitrogens with zero attached hydrogens (tertiary/aromatic N) is 3. The van der Waals surface area contributed by atoms with E-state index in [1.807, 2.05) is 54.7 Å². The van der Waals surface area contributed by atoms with Gasteiger partial charge in [-0.25, -0.2) is 4.68 Å². The van der Waals surface area contributed by atoms with E-state index in [-0.39, 0.29) is 11.4 Å². The van der Waals surface area contributed by atoms with Gasteiger partial charge in [-0.2, -0.15) is 10.4 Å². The maximum atomic E-state index is 12.8. The highest BCUT2D eigenvalue weighted by atomic mass is 16.6. The summed E-state index contributed by atoms with van der Waals surface area (Å²) < 4.78 is 13.1. The summed E-state index contributed by atoms with van der Waals surface area (Å²) in [5, 5.41) is 14.4. The monoisotopic (exact) mass is 413 g/mol. The van der Waals surface area contributed by atoms with E-state index in [4.69, 9.17) is 14.6 Å². The van der Waals surface area contributed by atoms with Gasteiger partial charge in [0.05, 0.1) is 11.3 Å². The van der Waals surface area contributed by atoms with Gasteiger partial charge in [-0.05, 0) is 36.4 Å². The van der Waals surface area contributed by atoms with E-state index in [1.54, 1.807) is 31.5 Å². The number of nitriles is 1. The molecule has 0 aliphatic carbocycles. The molecule has 0 radical (unpaired) electrons. The Bertz CT molecular complexity index is 1190. The minimum Gasteiger partial charge on any atom is -0.486 e. The van der Waals surface area contributed by atoms with Gasteiger partial charge < -0.3 is 9.47 Å². The van der Waals surface area contributed by atoms with Crippen molar-refractivity contribution in [1.82, 2.24) is 9.78 Å². The van der Waals surface area contributed by atoms with Gasteiger partial charge in [0.25, 0.3) is 0 Å². The van der Waals surface area contributed by atoms with E-state index in [9.17, 15) is 10.1 Å². The fraction of sp³-hybridized carbons (Fsp3) is 0.240. The SMILES string of the molecule is CC(C)(C)C(=O)/C(C#N)=C/c1cn(-c2ccccc2)nc1-c1ccc2c(c1)OCCO2. The van der Waals surface area contributed by atoms with E-state index in [0.29, 0.717) is 36.0 Å². The lowest BCUT2D eigenvalue weighted by Gasteiger charge is -2.18. The number of carbonyl (C=O) groups excluding carboxylic acids is 1. The molecule has 2 heterocycles. The van der Waals surface area contributed by atoms with Crippen LogP contribution in [-0.2, 0) is 4.79 Å². The molecule has 0 saturated carbocycles. The first-order valence-electron chi connectivity index (χ1n) is 10.1. The first-order valence-corrected chi connectivity index (χ1v) is 10.1. The number of ketones is 1. The summed E-state index contributed by atoms with van der Waals surface area (Å²) in [6, 6.07) is 17.4. The molecule has 156 valence electrons. The number of hydrogen-bond acceptors (Lipinski definition) is 5. The van der Waals surface area contributed by atoms with Crippen LogP contribution in [0, 0.1) is 16.7 Å². The Kier molecular flexibility index (Phi) is 5.35. The average Bonchev–Trinajstić information content (AvgIpc) is 3.20. The van der Waals surface area contributed by atoms with Gasteiger partial charge in [-0.15, -0.1) is 0 Å². The van der Waals surface area contributed by atoms with Crippen LogP contribution in [0.2, 0.25) is 0 Å². The number of para-hydroxylation sites is 1. The predicted octanol–water partition coefficient (Wildman–Crippen LogP) is 4.83. The van der Waals surface area contributed by atoms with Crippen molar-refractivity contribution in [3.63, 3.8) is 0 Å². The minimum atomic E-state index is -0.659. The van der Waals surface area contributed by atoms with Crippen LogP contribution in [0.15, 0.2) is 60.3 Å². The molecule has 0 unspecified atom stereocenters. The largest absolute Gasteiger partial charge is 0.486 e. The number of rotatable bonds is 4. The zero-order chi connectivity index (χ0) is 22.0. The van der Waals surface area contributed by atoms with Gasteiger partial charge >= 0.3 is 0 Å². The normalized spacial score (nSPS) is 13.5. The van der Waals surface area contributed by atoms with Gasteiger partial charge in [0.15, 0.2) is 17.3 Å². The van der Waals surface area contributed by atoms with Gasteiger partial charge in [0, 0.05) is 22.7 Å². The summed E-state index contributed by atoms with van der Waals surface area (Å²) >= 11 is 0. The first kappa shape index (κ1) is 20.4. The van der Waals surface area contributed by atoms with Crippen LogP contribution in [0.5, 0.6) is 11.5 Å². The van der Waals surface area contributed by atoms with Crippen LogP contribution >= 0.6 is 0 Å². The van der Waals surface area contributed by atoms with Crippen molar-refractivity contribution in [3.8, 4) is 34.5 Å². The molecule has 0 saturated heterocycles. The Morgan fingerprint density at radius 2 is 1.81 bits per heavy atom. The molecule has 2 aromatic carbocycles. The van der Waals surface area contributed by atoms with Crippen molar-refractivity contribution in [2.75, 3.05) is 13.2 Å². The Morgan fingerprint density at radius 3 is 2.48 bits per heavy atom. The number of allylic oxidation sites excluding steroid dienone is 1.